The minimum absolute atomic E-state index is 0.628. The molecule has 0 aromatic carbocycles. The van der Waals surface area contributed by atoms with E-state index in [2.05, 4.69) is 0 Å². The topological polar surface area (TPSA) is 0 Å². The minimum atomic E-state index is 0.628. The van der Waals surface area contributed by atoms with Crippen LogP contribution >= 0.6 is 23.2 Å². The molecule has 31 valence electrons. The zero-order valence-electron chi connectivity index (χ0n) is 2.75. The van der Waals surface area contributed by atoms with Crippen LogP contribution in [0.15, 0.2) is 0 Å². The van der Waals surface area contributed by atoms with Crippen molar-refractivity contribution in [2.45, 2.75) is 6.42 Å². The zero-order valence-corrected chi connectivity index (χ0v) is 4.26. The molecule has 0 saturated heterocycles. The predicted octanol–water partition coefficient (Wildman–Crippen LogP) is 2.02. The maximum atomic E-state index is 5.19. The minimum Gasteiger partial charge on any atom is -0.127 e. The Kier molecular flexibility index (Phi) is 5.11. The van der Waals surface area contributed by atoms with Crippen LogP contribution in [0.2, 0.25) is 0 Å². The van der Waals surface area contributed by atoms with E-state index in [9.17, 15) is 0 Å². The van der Waals surface area contributed by atoms with Gasteiger partial charge in [0.25, 0.3) is 0 Å². The Hall–Kier alpha value is 0.580. The van der Waals surface area contributed by atoms with Crippen LogP contribution in [-0.2, 0) is 0 Å². The van der Waals surface area contributed by atoms with Gasteiger partial charge in [-0.3, -0.25) is 0 Å². The van der Waals surface area contributed by atoms with Crippen molar-refractivity contribution in [1.29, 1.82) is 0 Å². The molecule has 0 nitrogen and oxygen atoms in total. The van der Waals surface area contributed by atoms with E-state index >= 15 is 0 Å². The van der Waals surface area contributed by atoms with Gasteiger partial charge >= 0.3 is 0 Å². The lowest BCUT2D eigenvalue weighted by atomic mass is 10.6. The van der Waals surface area contributed by atoms with Gasteiger partial charge in [-0.1, -0.05) is 0 Å². The summed E-state index contributed by atoms with van der Waals surface area (Å²) < 4.78 is 0. The van der Waals surface area contributed by atoms with Crippen LogP contribution in [0.3, 0.4) is 0 Å². The Morgan fingerprint density at radius 1 is 1.60 bits per heavy atom. The predicted molar refractivity (Wildman–Crippen MR) is 25.5 cm³/mol. The van der Waals surface area contributed by atoms with E-state index in [0.29, 0.717) is 5.88 Å². The van der Waals surface area contributed by atoms with Gasteiger partial charge in [0.05, 0.1) is 5.88 Å². The average molecular weight is 112 g/mol. The molecule has 0 saturated carbocycles. The summed E-state index contributed by atoms with van der Waals surface area (Å²) in [5.74, 6) is 2.15. The highest BCUT2D eigenvalue weighted by Crippen LogP contribution is 1.91. The van der Waals surface area contributed by atoms with Crippen molar-refractivity contribution >= 4 is 23.2 Å². The molecular formula is C3H5Cl2. The Labute approximate surface area is 42.1 Å². The van der Waals surface area contributed by atoms with E-state index in [1.165, 1.54) is 5.88 Å². The van der Waals surface area contributed by atoms with Gasteiger partial charge in [-0.15, -0.1) is 23.2 Å². The molecule has 0 aromatic heterocycles. The normalized spacial score (nSPS) is 8.40. The summed E-state index contributed by atoms with van der Waals surface area (Å²) in [7, 11) is 0. The van der Waals surface area contributed by atoms with Gasteiger partial charge in [0.1, 0.15) is 0 Å². The highest BCUT2D eigenvalue weighted by atomic mass is 35.5. The van der Waals surface area contributed by atoms with Crippen molar-refractivity contribution < 1.29 is 0 Å². The fraction of sp³-hybridized carbons (Fsp3) is 0.667. The van der Waals surface area contributed by atoms with Crippen LogP contribution in [-0.4, -0.2) is 5.88 Å². The molecule has 0 amide bonds. The highest BCUT2D eigenvalue weighted by molar-refractivity contribution is 6.24. The van der Waals surface area contributed by atoms with E-state index < -0.39 is 0 Å². The molecule has 0 bridgehead atoms. The van der Waals surface area contributed by atoms with E-state index in [1.807, 2.05) is 0 Å². The number of hydrogen-bond acceptors (Lipinski definition) is 0. The summed E-state index contributed by atoms with van der Waals surface area (Å²) in [6, 6.07) is 0. The molecule has 1 radical (unpaired) electrons. The molecule has 2 heteroatoms. The molecule has 0 aliphatic rings. The first-order valence-electron chi connectivity index (χ1n) is 1.39. The lowest BCUT2D eigenvalue weighted by molar-refractivity contribution is 1.21. The first kappa shape index (κ1) is 5.58. The SMILES string of the molecule is Cl[CH]CCCl. The fourth-order valence-corrected chi connectivity index (χ4v) is 0.371. The van der Waals surface area contributed by atoms with Crippen molar-refractivity contribution in [2.75, 3.05) is 5.88 Å². The first-order valence-corrected chi connectivity index (χ1v) is 2.36. The third-order valence-electron chi connectivity index (χ3n) is 0.218. The summed E-state index contributed by atoms with van der Waals surface area (Å²) in [6.07, 6.45) is 0.795. The third-order valence-corrected chi connectivity index (χ3v) is 0.655. The van der Waals surface area contributed by atoms with Gasteiger partial charge in [0.2, 0.25) is 0 Å². The summed E-state index contributed by atoms with van der Waals surface area (Å²) >= 11 is 10.3. The molecule has 0 rings (SSSR count). The number of halogens is 2. The van der Waals surface area contributed by atoms with E-state index in [1.54, 1.807) is 0 Å². The lowest BCUT2D eigenvalue weighted by Crippen LogP contribution is -1.63. The van der Waals surface area contributed by atoms with Crippen LogP contribution in [0.5, 0.6) is 0 Å². The van der Waals surface area contributed by atoms with Crippen LogP contribution in [0.1, 0.15) is 6.42 Å². The monoisotopic (exact) mass is 111 g/mol. The Balaban J connectivity index is 2.19. The molecule has 0 aliphatic heterocycles. The molecule has 0 N–H and O–H groups in total. The Morgan fingerprint density at radius 3 is 2.20 bits per heavy atom. The summed E-state index contributed by atoms with van der Waals surface area (Å²) in [6.45, 7) is 0. The van der Waals surface area contributed by atoms with E-state index in [0.717, 1.165) is 6.42 Å². The molecule has 0 atom stereocenters. The van der Waals surface area contributed by atoms with Gasteiger partial charge < -0.3 is 0 Å². The Bertz CT molecular complexity index is 12.4. The summed E-state index contributed by atoms with van der Waals surface area (Å²) in [4.78, 5) is 0. The molecule has 0 aliphatic carbocycles. The fourth-order valence-electron chi connectivity index (χ4n) is 0.0412. The van der Waals surface area contributed by atoms with E-state index in [4.69, 9.17) is 23.2 Å². The quantitative estimate of drug-likeness (QED) is 0.479. The average Bonchev–Trinajstić information content (AvgIpc) is 1.41. The lowest BCUT2D eigenvalue weighted by Gasteiger charge is -1.74. The number of hydrogen-bond donors (Lipinski definition) is 0. The molecule has 0 spiro atoms. The zero-order chi connectivity index (χ0) is 4.12. The molecule has 0 aromatic rings. The molecule has 0 unspecified atom stereocenters. The standard InChI is InChI=1S/C3H5Cl2/c4-2-1-3-5/h2H,1,3H2. The van der Waals surface area contributed by atoms with Crippen LogP contribution < -0.4 is 0 Å². The second-order valence-electron chi connectivity index (χ2n) is 0.632. The van der Waals surface area contributed by atoms with Crippen molar-refractivity contribution in [2.24, 2.45) is 0 Å². The van der Waals surface area contributed by atoms with Crippen molar-refractivity contribution in [3.8, 4) is 0 Å². The maximum Gasteiger partial charge on any atom is 0.0511 e. The largest absolute Gasteiger partial charge is 0.127 e. The van der Waals surface area contributed by atoms with Crippen molar-refractivity contribution in [1.82, 2.24) is 0 Å². The highest BCUT2D eigenvalue weighted by Gasteiger charge is 1.73. The van der Waals surface area contributed by atoms with E-state index in [-0.39, 0.29) is 0 Å². The second kappa shape index (κ2) is 4.58. The smallest absolute Gasteiger partial charge is 0.0511 e. The molecular weight excluding hydrogens is 107 g/mol. The van der Waals surface area contributed by atoms with Crippen molar-refractivity contribution in [3.05, 3.63) is 5.88 Å². The van der Waals surface area contributed by atoms with Crippen molar-refractivity contribution in [3.63, 3.8) is 0 Å². The van der Waals surface area contributed by atoms with Gasteiger partial charge in [-0.05, 0) is 6.42 Å². The van der Waals surface area contributed by atoms with Gasteiger partial charge in [0, 0.05) is 5.88 Å². The second-order valence-corrected chi connectivity index (χ2v) is 1.32. The summed E-state index contributed by atoms with van der Waals surface area (Å²) in [5.41, 5.74) is 0. The third kappa shape index (κ3) is 4.58. The van der Waals surface area contributed by atoms with Crippen LogP contribution in [0.4, 0.5) is 0 Å². The summed E-state index contributed by atoms with van der Waals surface area (Å²) in [5, 5.41) is 0. The van der Waals surface area contributed by atoms with Crippen LogP contribution in [0, 0.1) is 5.88 Å². The maximum absolute atomic E-state index is 5.19. The number of alkyl halides is 1. The Morgan fingerprint density at radius 2 is 2.20 bits per heavy atom. The first-order chi connectivity index (χ1) is 2.41. The van der Waals surface area contributed by atoms with Crippen LogP contribution in [0.25, 0.3) is 0 Å². The number of rotatable bonds is 2. The van der Waals surface area contributed by atoms with Gasteiger partial charge in [0.15, 0.2) is 0 Å². The molecule has 0 heterocycles. The van der Waals surface area contributed by atoms with Gasteiger partial charge in [-0.25, -0.2) is 0 Å². The van der Waals surface area contributed by atoms with Gasteiger partial charge in [-0.2, -0.15) is 0 Å². The molecule has 5 heavy (non-hydrogen) atoms. The molecule has 0 fully saturated rings.